The van der Waals surface area contributed by atoms with Crippen molar-refractivity contribution >= 4 is 23.4 Å². The number of amides is 1. The lowest BCUT2D eigenvalue weighted by Crippen LogP contribution is -2.23. The highest BCUT2D eigenvalue weighted by molar-refractivity contribution is 8.00. The first-order chi connectivity index (χ1) is 13.4. The maximum absolute atomic E-state index is 12.7. The summed E-state index contributed by atoms with van der Waals surface area (Å²) in [7, 11) is 1.87. The molecule has 3 rings (SSSR count). The van der Waals surface area contributed by atoms with Gasteiger partial charge in [0.1, 0.15) is 0 Å². The SMILES string of the molecule is CCCn1c(S[C@@H](C)C(=O)Nc2c(C)nn(C)c2C)nnc1-c1ccncc1. The van der Waals surface area contributed by atoms with E-state index in [1.165, 1.54) is 11.8 Å². The molecule has 0 aromatic carbocycles. The molecule has 148 valence electrons. The fourth-order valence-electron chi connectivity index (χ4n) is 2.91. The van der Waals surface area contributed by atoms with Gasteiger partial charge in [0, 0.05) is 31.5 Å². The zero-order valence-electron chi connectivity index (χ0n) is 16.8. The number of pyridine rings is 1. The first kappa shape index (κ1) is 20.1. The molecule has 28 heavy (non-hydrogen) atoms. The highest BCUT2D eigenvalue weighted by Crippen LogP contribution is 2.28. The molecule has 0 spiro atoms. The highest BCUT2D eigenvalue weighted by atomic mass is 32.2. The fraction of sp³-hybridized carbons (Fsp3) is 0.421. The quantitative estimate of drug-likeness (QED) is 0.614. The van der Waals surface area contributed by atoms with E-state index in [4.69, 9.17) is 0 Å². The lowest BCUT2D eigenvalue weighted by molar-refractivity contribution is -0.115. The fourth-order valence-corrected chi connectivity index (χ4v) is 3.78. The van der Waals surface area contributed by atoms with Crippen molar-refractivity contribution in [3.05, 3.63) is 35.9 Å². The predicted molar refractivity (Wildman–Crippen MR) is 110 cm³/mol. The summed E-state index contributed by atoms with van der Waals surface area (Å²) >= 11 is 1.41. The minimum atomic E-state index is -0.330. The summed E-state index contributed by atoms with van der Waals surface area (Å²) in [6.07, 6.45) is 4.42. The summed E-state index contributed by atoms with van der Waals surface area (Å²) in [5.74, 6) is 0.707. The van der Waals surface area contributed by atoms with Crippen LogP contribution in [0.3, 0.4) is 0 Å². The van der Waals surface area contributed by atoms with Crippen molar-refractivity contribution in [3.63, 3.8) is 0 Å². The third-order valence-corrected chi connectivity index (χ3v) is 5.59. The molecule has 0 saturated heterocycles. The van der Waals surface area contributed by atoms with Gasteiger partial charge in [-0.15, -0.1) is 10.2 Å². The smallest absolute Gasteiger partial charge is 0.237 e. The van der Waals surface area contributed by atoms with E-state index >= 15 is 0 Å². The van der Waals surface area contributed by atoms with Gasteiger partial charge in [0.15, 0.2) is 11.0 Å². The molecule has 3 aromatic rings. The zero-order valence-corrected chi connectivity index (χ0v) is 17.6. The number of aromatic nitrogens is 6. The van der Waals surface area contributed by atoms with Gasteiger partial charge in [0.2, 0.25) is 5.91 Å². The van der Waals surface area contributed by atoms with Crippen LogP contribution in [-0.4, -0.2) is 40.7 Å². The Morgan fingerprint density at radius 3 is 2.57 bits per heavy atom. The number of rotatable bonds is 7. The van der Waals surface area contributed by atoms with Gasteiger partial charge in [-0.3, -0.25) is 14.5 Å². The molecule has 0 aliphatic heterocycles. The number of carbonyl (C=O) groups is 1. The van der Waals surface area contributed by atoms with Gasteiger partial charge in [-0.1, -0.05) is 18.7 Å². The number of anilines is 1. The zero-order chi connectivity index (χ0) is 20.3. The number of hydrogen-bond donors (Lipinski definition) is 1. The molecule has 0 aliphatic rings. The molecular formula is C19H25N7OS. The largest absolute Gasteiger partial charge is 0.322 e. The minimum Gasteiger partial charge on any atom is -0.322 e. The molecule has 0 bridgehead atoms. The van der Waals surface area contributed by atoms with Gasteiger partial charge in [-0.2, -0.15) is 5.10 Å². The van der Waals surface area contributed by atoms with Crippen LogP contribution in [-0.2, 0) is 18.4 Å². The molecule has 1 N–H and O–H groups in total. The molecule has 8 nitrogen and oxygen atoms in total. The summed E-state index contributed by atoms with van der Waals surface area (Å²) < 4.78 is 3.83. The third kappa shape index (κ3) is 4.09. The summed E-state index contributed by atoms with van der Waals surface area (Å²) in [6, 6.07) is 3.82. The van der Waals surface area contributed by atoms with Crippen molar-refractivity contribution in [2.75, 3.05) is 5.32 Å². The van der Waals surface area contributed by atoms with Crippen molar-refractivity contribution in [1.29, 1.82) is 0 Å². The van der Waals surface area contributed by atoms with Gasteiger partial charge in [0.05, 0.1) is 22.3 Å². The molecule has 0 unspecified atom stereocenters. The maximum Gasteiger partial charge on any atom is 0.237 e. The average Bonchev–Trinajstić information content (AvgIpc) is 3.18. The van der Waals surface area contributed by atoms with Crippen LogP contribution in [0.4, 0.5) is 5.69 Å². The Bertz CT molecular complexity index is 964. The molecule has 0 radical (unpaired) electrons. The molecule has 3 heterocycles. The summed E-state index contributed by atoms with van der Waals surface area (Å²) in [5.41, 5.74) is 3.46. The second-order valence-corrected chi connectivity index (χ2v) is 7.92. The Hall–Kier alpha value is -2.68. The number of aryl methyl sites for hydroxylation is 2. The van der Waals surface area contributed by atoms with Crippen LogP contribution in [0, 0.1) is 13.8 Å². The number of carbonyl (C=O) groups excluding carboxylic acids is 1. The van der Waals surface area contributed by atoms with E-state index in [0.717, 1.165) is 46.6 Å². The average molecular weight is 400 g/mol. The first-order valence-electron chi connectivity index (χ1n) is 9.23. The van der Waals surface area contributed by atoms with E-state index in [1.807, 2.05) is 40.0 Å². The number of thioether (sulfide) groups is 1. The molecule has 1 atom stereocenters. The van der Waals surface area contributed by atoms with Crippen LogP contribution >= 0.6 is 11.8 Å². The lowest BCUT2D eigenvalue weighted by Gasteiger charge is -2.13. The van der Waals surface area contributed by atoms with Crippen LogP contribution in [0.25, 0.3) is 11.4 Å². The number of nitrogens with zero attached hydrogens (tertiary/aromatic N) is 6. The standard InChI is InChI=1S/C19H25N7OS/c1-6-11-26-17(15-7-9-20-10-8-15)22-23-19(26)28-14(4)18(27)21-16-12(2)24-25(5)13(16)3/h7-10,14H,6,11H2,1-5H3,(H,21,27)/t14-/m0/s1. The second-order valence-electron chi connectivity index (χ2n) is 6.61. The molecule has 3 aromatic heterocycles. The van der Waals surface area contributed by atoms with Gasteiger partial charge in [-0.25, -0.2) is 0 Å². The molecule has 9 heteroatoms. The van der Waals surface area contributed by atoms with Crippen LogP contribution in [0.5, 0.6) is 0 Å². The highest BCUT2D eigenvalue weighted by Gasteiger charge is 2.22. The lowest BCUT2D eigenvalue weighted by atomic mass is 10.2. The summed E-state index contributed by atoms with van der Waals surface area (Å²) in [6.45, 7) is 8.58. The Morgan fingerprint density at radius 2 is 1.96 bits per heavy atom. The van der Waals surface area contributed by atoms with E-state index in [2.05, 4.69) is 37.1 Å². The van der Waals surface area contributed by atoms with Crippen LogP contribution in [0.15, 0.2) is 29.7 Å². The Morgan fingerprint density at radius 1 is 1.25 bits per heavy atom. The Balaban J connectivity index is 1.79. The molecular weight excluding hydrogens is 374 g/mol. The van der Waals surface area contributed by atoms with Crippen LogP contribution < -0.4 is 5.32 Å². The monoisotopic (exact) mass is 399 g/mol. The second kappa shape index (κ2) is 8.55. The van der Waals surface area contributed by atoms with E-state index in [9.17, 15) is 4.79 Å². The Kier molecular flexibility index (Phi) is 6.13. The molecule has 0 fully saturated rings. The van der Waals surface area contributed by atoms with E-state index in [1.54, 1.807) is 17.1 Å². The van der Waals surface area contributed by atoms with Crippen LogP contribution in [0.1, 0.15) is 31.7 Å². The van der Waals surface area contributed by atoms with E-state index < -0.39 is 0 Å². The van der Waals surface area contributed by atoms with Gasteiger partial charge in [-0.05, 0) is 39.3 Å². The maximum atomic E-state index is 12.7. The van der Waals surface area contributed by atoms with Gasteiger partial charge in [0.25, 0.3) is 0 Å². The molecule has 0 aliphatic carbocycles. The third-order valence-electron chi connectivity index (χ3n) is 4.51. The summed E-state index contributed by atoms with van der Waals surface area (Å²) in [4.78, 5) is 16.8. The van der Waals surface area contributed by atoms with E-state index in [-0.39, 0.29) is 11.2 Å². The van der Waals surface area contributed by atoms with Gasteiger partial charge >= 0.3 is 0 Å². The molecule has 0 saturated carbocycles. The van der Waals surface area contributed by atoms with Crippen molar-refractivity contribution in [2.45, 2.75) is 51.1 Å². The van der Waals surface area contributed by atoms with Crippen molar-refractivity contribution in [2.24, 2.45) is 7.05 Å². The summed E-state index contributed by atoms with van der Waals surface area (Å²) in [5, 5.41) is 16.4. The van der Waals surface area contributed by atoms with Crippen molar-refractivity contribution < 1.29 is 4.79 Å². The van der Waals surface area contributed by atoms with E-state index in [0.29, 0.717) is 0 Å². The van der Waals surface area contributed by atoms with Gasteiger partial charge < -0.3 is 9.88 Å². The molecule has 1 amide bonds. The van der Waals surface area contributed by atoms with Crippen molar-refractivity contribution in [1.82, 2.24) is 29.5 Å². The van der Waals surface area contributed by atoms with Crippen molar-refractivity contribution in [3.8, 4) is 11.4 Å². The normalized spacial score (nSPS) is 12.2. The number of hydrogen-bond acceptors (Lipinski definition) is 6. The predicted octanol–water partition coefficient (Wildman–Crippen LogP) is 3.22. The minimum absolute atomic E-state index is 0.0827. The topological polar surface area (TPSA) is 90.5 Å². The van der Waals surface area contributed by atoms with Crippen LogP contribution in [0.2, 0.25) is 0 Å². The Labute approximate surface area is 168 Å². The first-order valence-corrected chi connectivity index (χ1v) is 10.1. The number of nitrogens with one attached hydrogen (secondary N) is 1.